The summed E-state index contributed by atoms with van der Waals surface area (Å²) in [5, 5.41) is 17.2. The lowest BCUT2D eigenvalue weighted by Gasteiger charge is -2.04. The van der Waals surface area contributed by atoms with Gasteiger partial charge in [-0.15, -0.1) is 12.6 Å². The summed E-state index contributed by atoms with van der Waals surface area (Å²) in [6, 6.07) is 11.1. The first-order chi connectivity index (χ1) is 8.24. The minimum atomic E-state index is 0.266. The number of benzene rings is 2. The summed E-state index contributed by atoms with van der Waals surface area (Å²) in [7, 11) is 0. The predicted octanol–water partition coefficient (Wildman–Crippen LogP) is 3.22. The molecule has 2 N–H and O–H groups in total. The van der Waals surface area contributed by atoms with Crippen LogP contribution in [0.2, 0.25) is 0 Å². The third-order valence-corrected chi connectivity index (χ3v) is 3.11. The minimum Gasteiger partial charge on any atom is -0.508 e. The maximum atomic E-state index is 9.27. The highest BCUT2D eigenvalue weighted by Gasteiger charge is 2.05. The SMILES string of the molecule is Oc1ccc(-c2cc(S)c3cn[nH]c3c2)cc1. The van der Waals surface area contributed by atoms with E-state index in [9.17, 15) is 5.11 Å². The molecule has 1 aromatic heterocycles. The third-order valence-electron chi connectivity index (χ3n) is 2.74. The summed E-state index contributed by atoms with van der Waals surface area (Å²) < 4.78 is 0. The Morgan fingerprint density at radius 3 is 2.59 bits per heavy atom. The van der Waals surface area contributed by atoms with Gasteiger partial charge in [0.05, 0.1) is 11.7 Å². The van der Waals surface area contributed by atoms with Crippen LogP contribution in [-0.4, -0.2) is 15.3 Å². The second-order valence-electron chi connectivity index (χ2n) is 3.87. The van der Waals surface area contributed by atoms with Crippen LogP contribution >= 0.6 is 12.6 Å². The monoisotopic (exact) mass is 242 g/mol. The van der Waals surface area contributed by atoms with Crippen LogP contribution in [-0.2, 0) is 0 Å². The molecule has 0 amide bonds. The largest absolute Gasteiger partial charge is 0.508 e. The second kappa shape index (κ2) is 3.82. The van der Waals surface area contributed by atoms with E-state index in [0.29, 0.717) is 0 Å². The summed E-state index contributed by atoms with van der Waals surface area (Å²) in [5.74, 6) is 0.266. The molecule has 0 aliphatic heterocycles. The zero-order chi connectivity index (χ0) is 11.8. The Bertz CT molecular complexity index is 673. The van der Waals surface area contributed by atoms with Crippen molar-refractivity contribution < 1.29 is 5.11 Å². The first-order valence-electron chi connectivity index (χ1n) is 5.19. The van der Waals surface area contributed by atoms with Crippen LogP contribution in [0, 0.1) is 0 Å². The van der Waals surface area contributed by atoms with E-state index < -0.39 is 0 Å². The van der Waals surface area contributed by atoms with Gasteiger partial charge in [-0.2, -0.15) is 5.10 Å². The number of aromatic amines is 1. The molecule has 0 aliphatic carbocycles. The molecule has 3 aromatic rings. The number of aromatic hydroxyl groups is 1. The highest BCUT2D eigenvalue weighted by atomic mass is 32.1. The van der Waals surface area contributed by atoms with Gasteiger partial charge in [0.1, 0.15) is 5.75 Å². The Hall–Kier alpha value is -1.94. The van der Waals surface area contributed by atoms with Crippen molar-refractivity contribution in [3.63, 3.8) is 0 Å². The Kier molecular flexibility index (Phi) is 2.30. The molecule has 1 heterocycles. The van der Waals surface area contributed by atoms with Gasteiger partial charge in [0.15, 0.2) is 0 Å². The standard InChI is InChI=1S/C13H10N2OS/c16-10-3-1-8(2-4-10)9-5-12-11(7-14-15-12)13(17)6-9/h1-7,16-17H,(H,14,15). The van der Waals surface area contributed by atoms with Crippen molar-refractivity contribution >= 4 is 23.5 Å². The van der Waals surface area contributed by atoms with Crippen molar-refractivity contribution in [3.8, 4) is 16.9 Å². The summed E-state index contributed by atoms with van der Waals surface area (Å²) in [6.45, 7) is 0. The topological polar surface area (TPSA) is 48.9 Å². The fourth-order valence-corrected chi connectivity index (χ4v) is 2.17. The molecule has 3 nitrogen and oxygen atoms in total. The maximum Gasteiger partial charge on any atom is 0.115 e. The average molecular weight is 242 g/mol. The lowest BCUT2D eigenvalue weighted by molar-refractivity contribution is 0.475. The van der Waals surface area contributed by atoms with Gasteiger partial charge in [-0.1, -0.05) is 12.1 Å². The van der Waals surface area contributed by atoms with Crippen molar-refractivity contribution in [2.24, 2.45) is 0 Å². The molecular weight excluding hydrogens is 232 g/mol. The smallest absolute Gasteiger partial charge is 0.115 e. The van der Waals surface area contributed by atoms with Gasteiger partial charge in [0.2, 0.25) is 0 Å². The highest BCUT2D eigenvalue weighted by molar-refractivity contribution is 7.80. The van der Waals surface area contributed by atoms with Gasteiger partial charge in [-0.05, 0) is 35.4 Å². The van der Waals surface area contributed by atoms with E-state index in [1.807, 2.05) is 24.3 Å². The molecule has 0 fully saturated rings. The predicted molar refractivity (Wildman–Crippen MR) is 70.4 cm³/mol. The number of nitrogens with zero attached hydrogens (tertiary/aromatic N) is 1. The average Bonchev–Trinajstić information content (AvgIpc) is 2.78. The maximum absolute atomic E-state index is 9.27. The van der Waals surface area contributed by atoms with E-state index in [1.165, 1.54) is 0 Å². The number of phenols is 1. The zero-order valence-electron chi connectivity index (χ0n) is 8.88. The molecule has 0 saturated carbocycles. The number of nitrogens with one attached hydrogen (secondary N) is 1. The first kappa shape index (κ1) is 10.2. The Labute approximate surface area is 104 Å². The molecular formula is C13H10N2OS. The molecule has 4 heteroatoms. The van der Waals surface area contributed by atoms with Crippen LogP contribution in [0.15, 0.2) is 47.5 Å². The van der Waals surface area contributed by atoms with E-state index in [2.05, 4.69) is 22.8 Å². The molecule has 2 aromatic carbocycles. The summed E-state index contributed by atoms with van der Waals surface area (Å²) in [4.78, 5) is 0.888. The van der Waals surface area contributed by atoms with Crippen LogP contribution < -0.4 is 0 Å². The number of phenolic OH excluding ortho intramolecular Hbond substituents is 1. The number of thiol groups is 1. The number of hydrogen-bond donors (Lipinski definition) is 3. The van der Waals surface area contributed by atoms with Crippen molar-refractivity contribution in [2.45, 2.75) is 4.90 Å². The van der Waals surface area contributed by atoms with Gasteiger partial charge >= 0.3 is 0 Å². The number of fused-ring (bicyclic) bond motifs is 1. The number of aromatic nitrogens is 2. The summed E-state index contributed by atoms with van der Waals surface area (Å²) in [5.41, 5.74) is 3.04. The van der Waals surface area contributed by atoms with Crippen LogP contribution in [0.3, 0.4) is 0 Å². The third kappa shape index (κ3) is 1.76. The fourth-order valence-electron chi connectivity index (χ4n) is 1.85. The van der Waals surface area contributed by atoms with Gasteiger partial charge in [-0.25, -0.2) is 0 Å². The lowest BCUT2D eigenvalue weighted by Crippen LogP contribution is -1.79. The van der Waals surface area contributed by atoms with E-state index in [4.69, 9.17) is 0 Å². The molecule has 0 atom stereocenters. The lowest BCUT2D eigenvalue weighted by atomic mass is 10.0. The van der Waals surface area contributed by atoms with Gasteiger partial charge in [0, 0.05) is 10.3 Å². The molecule has 3 rings (SSSR count). The fraction of sp³-hybridized carbons (Fsp3) is 0. The van der Waals surface area contributed by atoms with Crippen LogP contribution in [0.4, 0.5) is 0 Å². The number of rotatable bonds is 1. The van der Waals surface area contributed by atoms with E-state index in [1.54, 1.807) is 18.3 Å². The van der Waals surface area contributed by atoms with Crippen LogP contribution in [0.1, 0.15) is 0 Å². The molecule has 0 unspecified atom stereocenters. The van der Waals surface area contributed by atoms with Crippen molar-refractivity contribution in [1.29, 1.82) is 0 Å². The molecule has 0 spiro atoms. The molecule has 0 radical (unpaired) electrons. The van der Waals surface area contributed by atoms with Gasteiger partial charge in [-0.3, -0.25) is 5.10 Å². The van der Waals surface area contributed by atoms with Crippen LogP contribution in [0.25, 0.3) is 22.0 Å². The van der Waals surface area contributed by atoms with Crippen molar-refractivity contribution in [2.75, 3.05) is 0 Å². The number of hydrogen-bond acceptors (Lipinski definition) is 3. The van der Waals surface area contributed by atoms with E-state index >= 15 is 0 Å². The molecule has 0 aliphatic rings. The number of H-pyrrole nitrogens is 1. The van der Waals surface area contributed by atoms with Crippen LogP contribution in [0.5, 0.6) is 5.75 Å². The van der Waals surface area contributed by atoms with Crippen molar-refractivity contribution in [1.82, 2.24) is 10.2 Å². The Morgan fingerprint density at radius 1 is 1.06 bits per heavy atom. The molecule has 84 valence electrons. The van der Waals surface area contributed by atoms with Gasteiger partial charge in [0.25, 0.3) is 0 Å². The summed E-state index contributed by atoms with van der Waals surface area (Å²) in [6.07, 6.45) is 1.76. The van der Waals surface area contributed by atoms with Crippen molar-refractivity contribution in [3.05, 3.63) is 42.6 Å². The molecule has 0 bridgehead atoms. The zero-order valence-corrected chi connectivity index (χ0v) is 9.78. The Morgan fingerprint density at radius 2 is 1.82 bits per heavy atom. The quantitative estimate of drug-likeness (QED) is 0.574. The highest BCUT2D eigenvalue weighted by Crippen LogP contribution is 2.29. The minimum absolute atomic E-state index is 0.266. The van der Waals surface area contributed by atoms with E-state index in [0.717, 1.165) is 26.9 Å². The summed E-state index contributed by atoms with van der Waals surface area (Å²) >= 11 is 4.45. The normalized spacial score (nSPS) is 10.9. The van der Waals surface area contributed by atoms with E-state index in [-0.39, 0.29) is 5.75 Å². The second-order valence-corrected chi connectivity index (χ2v) is 4.36. The molecule has 17 heavy (non-hydrogen) atoms. The first-order valence-corrected chi connectivity index (χ1v) is 5.64. The molecule has 0 saturated heterocycles. The van der Waals surface area contributed by atoms with Gasteiger partial charge < -0.3 is 5.11 Å². The Balaban J connectivity index is 2.20.